The number of carbonyl (C=O) groups is 3. The number of aliphatic hydroxyl groups excluding tert-OH is 1. The minimum Gasteiger partial charge on any atom is -0.458 e. The average Bonchev–Trinajstić information content (AvgIpc) is 3.84. The van der Waals surface area contributed by atoms with Crippen molar-refractivity contribution in [2.75, 3.05) is 34.3 Å². The highest BCUT2D eigenvalue weighted by atomic mass is 16.7. The zero-order valence-corrected chi connectivity index (χ0v) is 31.8. The van der Waals surface area contributed by atoms with Crippen LogP contribution in [0.15, 0.2) is 0 Å². The van der Waals surface area contributed by atoms with E-state index >= 15 is 0 Å². The van der Waals surface area contributed by atoms with E-state index in [0.717, 1.165) is 6.54 Å². The number of Topliss-reactive ketones (excluding diaryl/α,β-unsaturated/α-hetero) is 1. The quantitative estimate of drug-likeness (QED) is 0.241. The molecule has 0 aromatic rings. The van der Waals surface area contributed by atoms with Gasteiger partial charge in [0, 0.05) is 37.1 Å². The van der Waals surface area contributed by atoms with Gasteiger partial charge in [0.2, 0.25) is 0 Å². The van der Waals surface area contributed by atoms with Gasteiger partial charge in [0.1, 0.15) is 18.1 Å². The van der Waals surface area contributed by atoms with Gasteiger partial charge in [0.25, 0.3) is 0 Å². The molecule has 4 rings (SSSR count). The second-order valence-corrected chi connectivity index (χ2v) is 16.2. The zero-order chi connectivity index (χ0) is 36.4. The summed E-state index contributed by atoms with van der Waals surface area (Å²) in [7, 11) is 5.48. The van der Waals surface area contributed by atoms with Crippen LogP contribution in [0, 0.1) is 29.6 Å². The van der Waals surface area contributed by atoms with Crippen LogP contribution in [-0.4, -0.2) is 122 Å². The maximum absolute atomic E-state index is 14.3. The lowest BCUT2D eigenvalue weighted by Gasteiger charge is -2.48. The summed E-state index contributed by atoms with van der Waals surface area (Å²) < 4.78 is 31.5. The molecule has 0 spiro atoms. The molecule has 14 atom stereocenters. The van der Waals surface area contributed by atoms with E-state index in [1.54, 1.807) is 21.0 Å². The van der Waals surface area contributed by atoms with Crippen molar-refractivity contribution in [2.24, 2.45) is 29.6 Å². The normalized spacial score (nSPS) is 43.7. The van der Waals surface area contributed by atoms with E-state index in [1.807, 2.05) is 46.7 Å². The highest BCUT2D eigenvalue weighted by Gasteiger charge is 2.55. The van der Waals surface area contributed by atoms with Crippen molar-refractivity contribution >= 4 is 17.7 Å². The van der Waals surface area contributed by atoms with E-state index in [2.05, 4.69) is 24.5 Å². The molecule has 0 aromatic heterocycles. The largest absolute Gasteiger partial charge is 0.458 e. The summed E-state index contributed by atoms with van der Waals surface area (Å²) in [4.78, 5) is 42.6. The van der Waals surface area contributed by atoms with Crippen LogP contribution in [0.2, 0.25) is 0 Å². The molecule has 3 N–H and O–H groups in total. The van der Waals surface area contributed by atoms with E-state index in [-0.39, 0.29) is 54.2 Å². The fraction of sp³-hybridized carbons (Fsp3) is 0.919. The number of carbonyl (C=O) groups excluding carboxylic acids is 3. The molecule has 3 saturated heterocycles. The summed E-state index contributed by atoms with van der Waals surface area (Å²) in [5.41, 5.74) is -2.05. The molecule has 12 nitrogen and oxygen atoms in total. The lowest BCUT2D eigenvalue weighted by atomic mass is 9.78. The van der Waals surface area contributed by atoms with Crippen LogP contribution in [0.1, 0.15) is 93.9 Å². The van der Waals surface area contributed by atoms with Crippen molar-refractivity contribution in [1.82, 2.24) is 15.5 Å². The van der Waals surface area contributed by atoms with Crippen LogP contribution in [0.4, 0.5) is 0 Å². The van der Waals surface area contributed by atoms with E-state index in [4.69, 9.17) is 23.7 Å². The first-order chi connectivity index (χ1) is 22.9. The summed E-state index contributed by atoms with van der Waals surface area (Å²) in [5.74, 6) is -2.80. The average molecular weight is 696 g/mol. The standard InChI is InChI=1S/C37H65N3O9/c1-12-29-37(8)26(15-30(41)49-37)23(5)38-18-20(2)17-36(7,45-11)33(21(3)31(42)22(4)34(44)47-29)48-35-32(43)27(40(9)10)16-28(46-35)24(6)39-19-25-13-14-25/h20-29,32-33,35,38-39,43H,12-19H2,1-11H3/t20-,21+,22?,23-,24?,26-,27?,28+,29-,32-,33-,35+,36-,37+/m1/s1. The molecule has 1 aliphatic carbocycles. The Balaban J connectivity index is 1.67. The Morgan fingerprint density at radius 3 is 2.39 bits per heavy atom. The lowest BCUT2D eigenvalue weighted by molar-refractivity contribution is -0.300. The first kappa shape index (κ1) is 40.1. The van der Waals surface area contributed by atoms with Gasteiger partial charge in [-0.25, -0.2) is 0 Å². The second kappa shape index (κ2) is 16.3. The van der Waals surface area contributed by atoms with Crippen molar-refractivity contribution in [2.45, 2.75) is 154 Å². The van der Waals surface area contributed by atoms with Gasteiger partial charge in [-0.05, 0) is 106 Å². The van der Waals surface area contributed by atoms with Crippen LogP contribution in [-0.2, 0) is 38.1 Å². The molecule has 12 heteroatoms. The van der Waals surface area contributed by atoms with Gasteiger partial charge in [-0.15, -0.1) is 0 Å². The molecule has 3 aliphatic heterocycles. The van der Waals surface area contributed by atoms with E-state index < -0.39 is 53.6 Å². The molecule has 282 valence electrons. The number of esters is 2. The number of ketones is 1. The summed E-state index contributed by atoms with van der Waals surface area (Å²) >= 11 is 0. The van der Waals surface area contributed by atoms with Crippen molar-refractivity contribution in [3.8, 4) is 0 Å². The topological polar surface area (TPSA) is 145 Å². The molecule has 4 aliphatic rings. The van der Waals surface area contributed by atoms with Crippen LogP contribution < -0.4 is 10.6 Å². The number of fused-ring (bicyclic) bond motifs is 1. The molecule has 49 heavy (non-hydrogen) atoms. The van der Waals surface area contributed by atoms with Gasteiger partial charge in [-0.3, -0.25) is 14.4 Å². The molecule has 3 heterocycles. The Labute approximate surface area is 294 Å². The number of aliphatic hydroxyl groups is 1. The predicted octanol–water partition coefficient (Wildman–Crippen LogP) is 3.07. The number of likely N-dealkylation sites (N-methyl/N-ethyl adjacent to an activating group) is 1. The minimum absolute atomic E-state index is 0.0254. The molecule has 4 fully saturated rings. The summed E-state index contributed by atoms with van der Waals surface area (Å²) in [6.45, 7) is 16.7. The van der Waals surface area contributed by atoms with Gasteiger partial charge in [-0.2, -0.15) is 0 Å². The maximum atomic E-state index is 14.3. The van der Waals surface area contributed by atoms with Crippen LogP contribution in [0.5, 0.6) is 0 Å². The first-order valence-corrected chi connectivity index (χ1v) is 18.6. The molecule has 3 unspecified atom stereocenters. The van der Waals surface area contributed by atoms with E-state index in [1.165, 1.54) is 12.8 Å². The Kier molecular flexibility index (Phi) is 13.4. The number of hydrogen-bond donors (Lipinski definition) is 3. The Morgan fingerprint density at radius 1 is 1.12 bits per heavy atom. The first-order valence-electron chi connectivity index (χ1n) is 18.6. The monoisotopic (exact) mass is 695 g/mol. The third-order valence-electron chi connectivity index (χ3n) is 12.0. The zero-order valence-electron chi connectivity index (χ0n) is 31.8. The highest BCUT2D eigenvalue weighted by Crippen LogP contribution is 2.42. The number of nitrogens with zero attached hydrogens (tertiary/aromatic N) is 1. The SMILES string of the molecule is CC[C@H]1OC(=O)C(C)C(=O)[C@H](C)[C@@H](O[C@@H]2O[C@H](C(C)NCC3CC3)CC(N(C)C)[C@H]2O)[C@](C)(OC)C[C@@H](C)CN[C@H](C)[C@H]2CC(=O)O[C@@]21C. The number of rotatable bonds is 9. The summed E-state index contributed by atoms with van der Waals surface area (Å²) in [6, 6.07) is -0.343. The van der Waals surface area contributed by atoms with E-state index in [0.29, 0.717) is 31.7 Å². The molecular weight excluding hydrogens is 630 g/mol. The fourth-order valence-corrected chi connectivity index (χ4v) is 8.40. The van der Waals surface area contributed by atoms with Crippen LogP contribution in [0.3, 0.4) is 0 Å². The summed E-state index contributed by atoms with van der Waals surface area (Å²) in [6.07, 6.45) is 0.353. The molecular formula is C37H65N3O9. The highest BCUT2D eigenvalue weighted by molar-refractivity contribution is 6.00. The minimum atomic E-state index is -1.13. The third-order valence-corrected chi connectivity index (χ3v) is 12.0. The lowest BCUT2D eigenvalue weighted by Crippen LogP contribution is -2.61. The second-order valence-electron chi connectivity index (χ2n) is 16.2. The molecule has 0 aromatic carbocycles. The van der Waals surface area contributed by atoms with Crippen molar-refractivity contribution in [3.63, 3.8) is 0 Å². The third kappa shape index (κ3) is 9.04. The van der Waals surface area contributed by atoms with Crippen molar-refractivity contribution in [1.29, 1.82) is 0 Å². The number of nitrogens with one attached hydrogen (secondary N) is 2. The van der Waals surface area contributed by atoms with Crippen LogP contribution in [0.25, 0.3) is 0 Å². The Hall–Kier alpha value is -1.67. The number of hydrogen-bond acceptors (Lipinski definition) is 12. The molecule has 0 radical (unpaired) electrons. The Morgan fingerprint density at radius 2 is 1.80 bits per heavy atom. The van der Waals surface area contributed by atoms with Crippen molar-refractivity contribution < 1.29 is 43.2 Å². The van der Waals surface area contributed by atoms with Gasteiger partial charge in [0.05, 0.1) is 24.2 Å². The number of cyclic esters (lactones) is 1. The van der Waals surface area contributed by atoms with E-state index in [9.17, 15) is 19.5 Å². The smallest absolute Gasteiger partial charge is 0.316 e. The Bertz CT molecular complexity index is 1150. The van der Waals surface area contributed by atoms with Gasteiger partial charge in [0.15, 0.2) is 17.7 Å². The summed E-state index contributed by atoms with van der Waals surface area (Å²) in [5, 5.41) is 18.9. The fourth-order valence-electron chi connectivity index (χ4n) is 8.40. The van der Waals surface area contributed by atoms with Crippen molar-refractivity contribution in [3.05, 3.63) is 0 Å². The molecule has 0 amide bonds. The number of ether oxygens (including phenoxy) is 5. The van der Waals surface area contributed by atoms with Gasteiger partial charge in [-0.1, -0.05) is 20.8 Å². The maximum Gasteiger partial charge on any atom is 0.316 e. The predicted molar refractivity (Wildman–Crippen MR) is 185 cm³/mol. The molecule has 1 saturated carbocycles. The van der Waals surface area contributed by atoms with Gasteiger partial charge < -0.3 is 44.3 Å². The van der Waals surface area contributed by atoms with Crippen LogP contribution >= 0.6 is 0 Å². The molecule has 0 bridgehead atoms. The van der Waals surface area contributed by atoms with Gasteiger partial charge >= 0.3 is 11.9 Å². The number of methoxy groups -OCH3 is 1.